The van der Waals surface area contributed by atoms with Gasteiger partial charge in [-0.2, -0.15) is 9.78 Å². The van der Waals surface area contributed by atoms with Crippen LogP contribution in [0.4, 0.5) is 0 Å². The fourth-order valence-electron chi connectivity index (χ4n) is 11.9. The Hall–Kier alpha value is -1.30. The van der Waals surface area contributed by atoms with Crippen molar-refractivity contribution in [2.45, 2.75) is 198 Å². The van der Waals surface area contributed by atoms with Crippen LogP contribution in [0.25, 0.3) is 0 Å². The Bertz CT molecular complexity index is 1250. The number of carbonyl (C=O) groups is 2. The van der Waals surface area contributed by atoms with Gasteiger partial charge in [0.25, 0.3) is 0 Å². The van der Waals surface area contributed by atoms with Crippen molar-refractivity contribution in [1.82, 2.24) is 10.6 Å². The smallest absolute Gasteiger partial charge is 0.220 e. The molecule has 4 bridgehead atoms. The van der Waals surface area contributed by atoms with E-state index in [1.165, 1.54) is 51.4 Å². The standard InChI is InChI=1S/C42H70N2O8/c1-6-33-22-32-10-7-11-34(23-32)39(33,5)49-50-40(47)17-13-29(14-18-40)25-36(45)43-27-38(3,4)44-37(46)26-30-15-19-41(20-16-30)48-42(52-51-41)28(2)21-31-9-8-12-35(42)24-31/h28-35,47H,6-27H2,1-5H3,(H,43,45)(H,44,46)/t28-,29?,30?,31+,32+,33-,34+,35+,39+,40?,41?,42+/m1/s1. The minimum absolute atomic E-state index is 0.0137. The van der Waals surface area contributed by atoms with Gasteiger partial charge >= 0.3 is 0 Å². The molecule has 296 valence electrons. The maximum absolute atomic E-state index is 13.2. The quantitative estimate of drug-likeness (QED) is 0.111. The Kier molecular flexibility index (Phi) is 11.5. The Morgan fingerprint density at radius 1 is 0.788 bits per heavy atom. The van der Waals surface area contributed by atoms with Crippen LogP contribution in [0.15, 0.2) is 0 Å². The van der Waals surface area contributed by atoms with Crippen LogP contribution in [-0.4, -0.2) is 52.0 Å². The van der Waals surface area contributed by atoms with Gasteiger partial charge in [0.1, 0.15) is 5.60 Å². The molecule has 2 amide bonds. The zero-order chi connectivity index (χ0) is 36.8. The summed E-state index contributed by atoms with van der Waals surface area (Å²) in [5.74, 6) is 1.11. The highest BCUT2D eigenvalue weighted by atomic mass is 17.3. The average molecular weight is 731 g/mol. The van der Waals surface area contributed by atoms with E-state index in [-0.39, 0.29) is 29.3 Å². The number of hydrogen-bond donors (Lipinski definition) is 3. The van der Waals surface area contributed by atoms with Gasteiger partial charge in [0.05, 0.1) is 5.54 Å². The number of ether oxygens (including phenoxy) is 1. The molecule has 6 saturated carbocycles. The number of rotatable bonds is 11. The Morgan fingerprint density at radius 3 is 2.10 bits per heavy atom. The van der Waals surface area contributed by atoms with E-state index in [1.54, 1.807) is 0 Å². The third-order valence-corrected chi connectivity index (χ3v) is 15.2. The van der Waals surface area contributed by atoms with Gasteiger partial charge in [-0.3, -0.25) is 9.59 Å². The molecule has 0 aromatic carbocycles. The number of aliphatic hydroxyl groups is 1. The second-order valence-corrected chi connectivity index (χ2v) is 19.6. The van der Waals surface area contributed by atoms with Gasteiger partial charge < -0.3 is 20.5 Å². The first kappa shape index (κ1) is 39.0. The lowest BCUT2D eigenvalue weighted by Gasteiger charge is -2.52. The van der Waals surface area contributed by atoms with Gasteiger partial charge in [-0.05, 0) is 120 Å². The van der Waals surface area contributed by atoms with Crippen molar-refractivity contribution in [2.24, 2.45) is 47.3 Å². The summed E-state index contributed by atoms with van der Waals surface area (Å²) in [6.07, 6.45) is 19.7. The van der Waals surface area contributed by atoms with Crippen LogP contribution in [-0.2, 0) is 33.9 Å². The summed E-state index contributed by atoms with van der Waals surface area (Å²) >= 11 is 0. The molecule has 8 atom stereocenters. The lowest BCUT2D eigenvalue weighted by atomic mass is 9.59. The fraction of sp³-hybridized carbons (Fsp3) is 0.952. The largest absolute Gasteiger partial charge is 0.363 e. The minimum Gasteiger partial charge on any atom is -0.363 e. The van der Waals surface area contributed by atoms with Crippen molar-refractivity contribution in [3.05, 3.63) is 0 Å². The number of nitrogens with one attached hydrogen (secondary N) is 2. The molecule has 1 aliphatic heterocycles. The molecule has 0 aromatic heterocycles. The van der Waals surface area contributed by atoms with Crippen LogP contribution >= 0.6 is 0 Å². The summed E-state index contributed by atoms with van der Waals surface area (Å²) in [7, 11) is 0. The highest BCUT2D eigenvalue weighted by Gasteiger charge is 2.62. The van der Waals surface area contributed by atoms with Gasteiger partial charge in [-0.25, -0.2) is 9.78 Å². The molecule has 3 N–H and O–H groups in total. The van der Waals surface area contributed by atoms with Gasteiger partial charge in [0.2, 0.25) is 23.4 Å². The van der Waals surface area contributed by atoms with Crippen LogP contribution in [0.3, 0.4) is 0 Å². The van der Waals surface area contributed by atoms with Crippen LogP contribution < -0.4 is 10.6 Å². The van der Waals surface area contributed by atoms with Gasteiger partial charge in [0, 0.05) is 56.9 Å². The van der Waals surface area contributed by atoms with E-state index in [0.717, 1.165) is 56.8 Å². The topological polar surface area (TPSA) is 125 Å². The molecular formula is C42H70N2O8. The summed E-state index contributed by atoms with van der Waals surface area (Å²) in [6, 6.07) is 0. The van der Waals surface area contributed by atoms with E-state index in [9.17, 15) is 14.7 Å². The molecule has 0 radical (unpaired) electrons. The first-order valence-corrected chi connectivity index (χ1v) is 21.5. The second kappa shape index (κ2) is 15.3. The first-order chi connectivity index (χ1) is 24.7. The van der Waals surface area contributed by atoms with Crippen molar-refractivity contribution < 1.29 is 39.0 Å². The zero-order valence-electron chi connectivity index (χ0n) is 33.0. The van der Waals surface area contributed by atoms with Crippen LogP contribution in [0.5, 0.6) is 0 Å². The van der Waals surface area contributed by atoms with Crippen molar-refractivity contribution in [2.75, 3.05) is 6.54 Å². The molecule has 1 saturated heterocycles. The van der Waals surface area contributed by atoms with E-state index in [4.69, 9.17) is 24.3 Å². The van der Waals surface area contributed by atoms with Crippen LogP contribution in [0, 0.1) is 47.3 Å². The molecule has 10 nitrogen and oxygen atoms in total. The number of fused-ring (bicyclic) bond motifs is 5. The zero-order valence-corrected chi connectivity index (χ0v) is 33.0. The summed E-state index contributed by atoms with van der Waals surface area (Å²) in [5.41, 5.74) is -0.928. The van der Waals surface area contributed by atoms with Crippen LogP contribution in [0.1, 0.15) is 169 Å². The highest BCUT2D eigenvalue weighted by Crippen LogP contribution is 2.58. The predicted molar refractivity (Wildman–Crippen MR) is 196 cm³/mol. The summed E-state index contributed by atoms with van der Waals surface area (Å²) in [4.78, 5) is 50.6. The van der Waals surface area contributed by atoms with E-state index >= 15 is 0 Å². The Labute approximate surface area is 312 Å². The van der Waals surface area contributed by atoms with E-state index < -0.39 is 22.9 Å². The maximum Gasteiger partial charge on any atom is 0.220 e. The number of hydrogen-bond acceptors (Lipinski definition) is 8. The Balaban J connectivity index is 0.794. The molecule has 2 spiro atoms. The lowest BCUT2D eigenvalue weighted by Crippen LogP contribution is -2.53. The van der Waals surface area contributed by atoms with Gasteiger partial charge in [-0.15, -0.1) is 0 Å². The molecule has 52 heavy (non-hydrogen) atoms. The molecular weight excluding hydrogens is 660 g/mol. The molecule has 6 aliphatic carbocycles. The van der Waals surface area contributed by atoms with Crippen molar-refractivity contribution >= 4 is 11.8 Å². The molecule has 1 heterocycles. The predicted octanol–water partition coefficient (Wildman–Crippen LogP) is 8.01. The number of amides is 2. The second-order valence-electron chi connectivity index (χ2n) is 19.6. The monoisotopic (exact) mass is 731 g/mol. The summed E-state index contributed by atoms with van der Waals surface area (Å²) in [5, 5.41) is 17.5. The number of carbonyl (C=O) groups excluding carboxylic acids is 2. The van der Waals surface area contributed by atoms with E-state index in [2.05, 4.69) is 31.4 Å². The molecule has 7 rings (SSSR count). The lowest BCUT2D eigenvalue weighted by molar-refractivity contribution is -0.479. The van der Waals surface area contributed by atoms with Crippen LogP contribution in [0.2, 0.25) is 0 Å². The highest BCUT2D eigenvalue weighted by molar-refractivity contribution is 5.78. The third-order valence-electron chi connectivity index (χ3n) is 15.2. The van der Waals surface area contributed by atoms with Gasteiger partial charge in [-0.1, -0.05) is 46.0 Å². The first-order valence-electron chi connectivity index (χ1n) is 21.5. The molecule has 0 unspecified atom stereocenters. The molecule has 10 heteroatoms. The normalized spacial score (nSPS) is 44.8. The summed E-state index contributed by atoms with van der Waals surface area (Å²) in [6.45, 7) is 11.0. The Morgan fingerprint density at radius 2 is 1.40 bits per heavy atom. The van der Waals surface area contributed by atoms with E-state index in [1.807, 2.05) is 13.8 Å². The minimum atomic E-state index is -1.30. The molecule has 7 aliphatic rings. The fourth-order valence-corrected chi connectivity index (χ4v) is 11.9. The maximum atomic E-state index is 13.2. The van der Waals surface area contributed by atoms with Crippen molar-refractivity contribution in [1.29, 1.82) is 0 Å². The SMILES string of the molecule is CC[C@@H]1C[C@@H]2CCC[C@@H](C2)[C@@]1(C)OOC1(O)CCC(CC(=O)NCC(C)(C)NC(=O)CC2CCC3(CC2)OO[C@]2(O3)[C@H]3CCC[C@H](C3)C[C@H]2C)CC1. The van der Waals surface area contributed by atoms with E-state index in [0.29, 0.717) is 68.7 Å². The third kappa shape index (κ3) is 8.28. The summed E-state index contributed by atoms with van der Waals surface area (Å²) < 4.78 is 6.82. The van der Waals surface area contributed by atoms with Crippen molar-refractivity contribution in [3.63, 3.8) is 0 Å². The van der Waals surface area contributed by atoms with Crippen molar-refractivity contribution in [3.8, 4) is 0 Å². The van der Waals surface area contributed by atoms with Gasteiger partial charge in [0.15, 0.2) is 5.79 Å². The average Bonchev–Trinajstić information content (AvgIpc) is 3.50. The molecule has 7 fully saturated rings. The molecule has 0 aromatic rings.